The van der Waals surface area contributed by atoms with Crippen molar-refractivity contribution in [3.63, 3.8) is 0 Å². The highest BCUT2D eigenvalue weighted by Gasteiger charge is 2.24. The summed E-state index contributed by atoms with van der Waals surface area (Å²) in [5.41, 5.74) is 1.45. The van der Waals surface area contributed by atoms with Crippen LogP contribution in [0.4, 0.5) is 0 Å². The second kappa shape index (κ2) is 23.2. The number of piperidine rings is 3. The number of aromatic nitrogens is 1. The zero-order chi connectivity index (χ0) is 26.3. The zero-order valence-corrected chi connectivity index (χ0v) is 24.8. The molecule has 4 nitrogen and oxygen atoms in total. The van der Waals surface area contributed by atoms with Crippen LogP contribution in [0, 0.1) is 17.8 Å². The summed E-state index contributed by atoms with van der Waals surface area (Å²) in [5, 5.41) is 10.2. The van der Waals surface area contributed by atoms with Crippen molar-refractivity contribution < 1.29 is 0 Å². The first kappa shape index (κ1) is 33.1. The Labute approximate surface area is 225 Å². The Hall–Kier alpha value is -0.970. The average molecular weight is 503 g/mol. The van der Waals surface area contributed by atoms with E-state index in [0.29, 0.717) is 0 Å². The van der Waals surface area contributed by atoms with Gasteiger partial charge in [-0.05, 0) is 119 Å². The summed E-state index contributed by atoms with van der Waals surface area (Å²) in [6, 6.07) is 4.27. The lowest BCUT2D eigenvalue weighted by atomic mass is 9.76. The quantitative estimate of drug-likeness (QED) is 0.399. The molecule has 1 aromatic heterocycles. The van der Waals surface area contributed by atoms with Crippen LogP contribution in [0.3, 0.4) is 0 Å². The third kappa shape index (κ3) is 14.1. The summed E-state index contributed by atoms with van der Waals surface area (Å²) in [7, 11) is 0. The van der Waals surface area contributed by atoms with E-state index in [1.807, 2.05) is 40.1 Å². The normalized spacial score (nSPS) is 23.2. The highest BCUT2D eigenvalue weighted by molar-refractivity contribution is 5.16. The molecule has 210 valence electrons. The topological polar surface area (TPSA) is 49.0 Å². The van der Waals surface area contributed by atoms with Crippen molar-refractivity contribution >= 4 is 0 Å². The molecule has 1 aromatic rings. The van der Waals surface area contributed by atoms with Crippen molar-refractivity contribution in [1.82, 2.24) is 20.9 Å². The van der Waals surface area contributed by atoms with Gasteiger partial charge in [0, 0.05) is 12.4 Å². The van der Waals surface area contributed by atoms with Crippen molar-refractivity contribution in [1.29, 1.82) is 0 Å². The molecule has 0 bridgehead atoms. The molecule has 4 fully saturated rings. The maximum Gasteiger partial charge on any atom is 0.0270 e. The predicted octanol–water partition coefficient (Wildman–Crippen LogP) is 7.56. The van der Waals surface area contributed by atoms with Gasteiger partial charge in [0.2, 0.25) is 0 Å². The van der Waals surface area contributed by atoms with Crippen LogP contribution in [0.1, 0.15) is 123 Å². The first-order valence-electron chi connectivity index (χ1n) is 15.9. The molecule has 1 atom stereocenters. The minimum absolute atomic E-state index is 0.759. The van der Waals surface area contributed by atoms with Gasteiger partial charge in [0.05, 0.1) is 0 Å². The highest BCUT2D eigenvalue weighted by atomic mass is 14.9. The first-order chi connectivity index (χ1) is 17.9. The molecule has 1 saturated carbocycles. The first-order valence-corrected chi connectivity index (χ1v) is 15.9. The van der Waals surface area contributed by atoms with Crippen LogP contribution in [0.2, 0.25) is 0 Å². The average Bonchev–Trinajstić information content (AvgIpc) is 3.02. The van der Waals surface area contributed by atoms with Gasteiger partial charge in [0.1, 0.15) is 0 Å². The fourth-order valence-corrected chi connectivity index (χ4v) is 5.98. The van der Waals surface area contributed by atoms with E-state index in [9.17, 15) is 0 Å². The fraction of sp³-hybridized carbons (Fsp3) is 0.844. The zero-order valence-electron chi connectivity index (χ0n) is 24.8. The molecule has 1 aliphatic carbocycles. The molecule has 4 heteroatoms. The second-order valence-corrected chi connectivity index (χ2v) is 10.4. The van der Waals surface area contributed by atoms with Crippen molar-refractivity contribution in [3.8, 4) is 0 Å². The van der Waals surface area contributed by atoms with Gasteiger partial charge < -0.3 is 16.0 Å². The van der Waals surface area contributed by atoms with Gasteiger partial charge in [0.25, 0.3) is 0 Å². The van der Waals surface area contributed by atoms with E-state index in [1.165, 1.54) is 109 Å². The largest absolute Gasteiger partial charge is 0.317 e. The van der Waals surface area contributed by atoms with Crippen molar-refractivity contribution in [2.75, 3.05) is 39.3 Å². The number of pyridine rings is 1. The van der Waals surface area contributed by atoms with Gasteiger partial charge in [-0.3, -0.25) is 4.98 Å². The lowest BCUT2D eigenvalue weighted by molar-refractivity contribution is 0.204. The van der Waals surface area contributed by atoms with E-state index in [4.69, 9.17) is 0 Å². The lowest BCUT2D eigenvalue weighted by Gasteiger charge is -2.33. The van der Waals surface area contributed by atoms with Crippen molar-refractivity contribution in [2.45, 2.75) is 118 Å². The Morgan fingerprint density at radius 1 is 0.639 bits per heavy atom. The molecule has 3 aliphatic heterocycles. The van der Waals surface area contributed by atoms with Crippen LogP contribution in [-0.2, 0) is 0 Å². The van der Waals surface area contributed by atoms with Crippen LogP contribution in [0.15, 0.2) is 24.5 Å². The fourth-order valence-electron chi connectivity index (χ4n) is 5.98. The van der Waals surface area contributed by atoms with Crippen LogP contribution in [0.25, 0.3) is 0 Å². The molecule has 1 unspecified atom stereocenters. The standard InChI is InChI=1S/C11H21N.C10H14N2.C7H15N.2C2H6/c1-2-4-10(5-3-1)11-6-8-12-9-7-11;1-5-11-6-2-9(1)10-3-7-12-8-4-10;1-2-7-4-3-5-8-6-7;2*1-2/h10-12H,1-9H2;1-2,5-6,10,12H,3-4,7-8H2;7-8H,2-6H2,1H3;2*1-2H3. The minimum Gasteiger partial charge on any atom is -0.317 e. The van der Waals surface area contributed by atoms with Gasteiger partial charge in [-0.2, -0.15) is 0 Å². The van der Waals surface area contributed by atoms with Crippen molar-refractivity contribution in [2.24, 2.45) is 17.8 Å². The van der Waals surface area contributed by atoms with Gasteiger partial charge in [-0.15, -0.1) is 0 Å². The molecule has 3 saturated heterocycles. The maximum atomic E-state index is 4.02. The molecule has 0 amide bonds. The number of hydrogen-bond acceptors (Lipinski definition) is 4. The Morgan fingerprint density at radius 2 is 1.19 bits per heavy atom. The Bertz CT molecular complexity index is 539. The summed E-state index contributed by atoms with van der Waals surface area (Å²) in [6.07, 6.45) is 21.0. The smallest absolute Gasteiger partial charge is 0.0270 e. The molecule has 4 aliphatic rings. The minimum atomic E-state index is 0.759. The van der Waals surface area contributed by atoms with Gasteiger partial charge in [-0.25, -0.2) is 0 Å². The summed E-state index contributed by atoms with van der Waals surface area (Å²) in [5.74, 6) is 3.91. The monoisotopic (exact) mass is 502 g/mol. The van der Waals surface area contributed by atoms with Gasteiger partial charge in [0.15, 0.2) is 0 Å². The molecule has 0 aromatic carbocycles. The molecule has 5 rings (SSSR count). The van der Waals surface area contributed by atoms with E-state index in [2.05, 4.69) is 40.0 Å². The SMILES string of the molecule is C1CCC(C2CCNCC2)CC1.CC.CC.CCC1CCCNC1.c1cc(C2CCNCC2)ccn1. The number of nitrogens with zero attached hydrogens (tertiary/aromatic N) is 1. The summed E-state index contributed by atoms with van der Waals surface area (Å²) in [6.45, 7) is 17.7. The van der Waals surface area contributed by atoms with Crippen molar-refractivity contribution in [3.05, 3.63) is 30.1 Å². The van der Waals surface area contributed by atoms with E-state index >= 15 is 0 Å². The third-order valence-corrected chi connectivity index (χ3v) is 8.19. The van der Waals surface area contributed by atoms with E-state index in [1.54, 1.807) is 0 Å². The van der Waals surface area contributed by atoms with Crippen LogP contribution < -0.4 is 16.0 Å². The molecule has 0 radical (unpaired) electrons. The number of hydrogen-bond donors (Lipinski definition) is 3. The maximum absolute atomic E-state index is 4.02. The second-order valence-electron chi connectivity index (χ2n) is 10.4. The Morgan fingerprint density at radius 3 is 1.69 bits per heavy atom. The van der Waals surface area contributed by atoms with E-state index < -0.39 is 0 Å². The van der Waals surface area contributed by atoms with Crippen LogP contribution in [0.5, 0.6) is 0 Å². The highest BCUT2D eigenvalue weighted by Crippen LogP contribution is 2.34. The summed E-state index contributed by atoms with van der Waals surface area (Å²) >= 11 is 0. The number of nitrogens with one attached hydrogen (secondary N) is 3. The molecule has 36 heavy (non-hydrogen) atoms. The van der Waals surface area contributed by atoms with Crippen LogP contribution in [-0.4, -0.2) is 44.3 Å². The van der Waals surface area contributed by atoms with Gasteiger partial charge in [-0.1, -0.05) is 73.1 Å². The summed E-state index contributed by atoms with van der Waals surface area (Å²) in [4.78, 5) is 4.02. The molecular formula is C32H62N4. The predicted molar refractivity (Wildman–Crippen MR) is 160 cm³/mol. The van der Waals surface area contributed by atoms with Crippen LogP contribution >= 0.6 is 0 Å². The summed E-state index contributed by atoms with van der Waals surface area (Å²) < 4.78 is 0. The van der Waals surface area contributed by atoms with E-state index in [0.717, 1.165) is 36.8 Å². The molecular weight excluding hydrogens is 440 g/mol. The Balaban J connectivity index is 0.000000257. The molecule has 4 heterocycles. The van der Waals surface area contributed by atoms with E-state index in [-0.39, 0.29) is 0 Å². The lowest BCUT2D eigenvalue weighted by Crippen LogP contribution is -2.32. The Kier molecular flexibility index (Phi) is 21.3. The molecule has 3 N–H and O–H groups in total. The molecule has 0 spiro atoms. The number of rotatable bonds is 3. The third-order valence-electron chi connectivity index (χ3n) is 8.19. The van der Waals surface area contributed by atoms with Gasteiger partial charge >= 0.3 is 0 Å².